The number of benzene rings is 1. The Morgan fingerprint density at radius 1 is 1.52 bits per heavy atom. The molecule has 0 spiro atoms. The van der Waals surface area contributed by atoms with Gasteiger partial charge in [-0.25, -0.2) is 4.39 Å². The summed E-state index contributed by atoms with van der Waals surface area (Å²) in [5.74, 6) is 4.33. The number of carbonyl (C=O) groups is 1. The lowest BCUT2D eigenvalue weighted by molar-refractivity contribution is 0.0887. The van der Waals surface area contributed by atoms with Crippen LogP contribution in [0, 0.1) is 17.7 Å². The van der Waals surface area contributed by atoms with E-state index < -0.39 is 11.7 Å². The van der Waals surface area contributed by atoms with Gasteiger partial charge in [0, 0.05) is 12.7 Å². The fraction of sp³-hybridized carbons (Fsp3) is 0.438. The Morgan fingerprint density at radius 3 is 2.86 bits per heavy atom. The van der Waals surface area contributed by atoms with Crippen LogP contribution in [0.15, 0.2) is 18.2 Å². The zero-order valence-corrected chi connectivity index (χ0v) is 12.4. The number of rotatable bonds is 6. The predicted octanol–water partition coefficient (Wildman–Crippen LogP) is 1.68. The minimum atomic E-state index is -0.594. The van der Waals surface area contributed by atoms with Crippen LogP contribution in [-0.2, 0) is 4.74 Å². The van der Waals surface area contributed by atoms with Crippen molar-refractivity contribution in [2.24, 2.45) is 5.73 Å². The van der Waals surface area contributed by atoms with Gasteiger partial charge in [-0.05, 0) is 24.6 Å². The minimum absolute atomic E-state index is 0.00510. The normalized spacial score (nSPS) is 11.4. The van der Waals surface area contributed by atoms with Crippen LogP contribution >= 0.6 is 0 Å². The van der Waals surface area contributed by atoms with Crippen molar-refractivity contribution in [1.82, 2.24) is 5.32 Å². The molecule has 0 saturated heterocycles. The summed E-state index contributed by atoms with van der Waals surface area (Å²) in [5, 5.41) is 2.78. The second-order valence-electron chi connectivity index (χ2n) is 4.61. The van der Waals surface area contributed by atoms with Crippen LogP contribution in [0.25, 0.3) is 0 Å². The third kappa shape index (κ3) is 5.54. The molecule has 0 bridgehead atoms. The molecule has 114 valence electrons. The van der Waals surface area contributed by atoms with Crippen molar-refractivity contribution in [2.75, 3.05) is 20.3 Å². The first-order valence-corrected chi connectivity index (χ1v) is 6.90. The van der Waals surface area contributed by atoms with E-state index in [1.807, 2.05) is 6.92 Å². The fourth-order valence-corrected chi connectivity index (χ4v) is 1.94. The van der Waals surface area contributed by atoms with Crippen molar-refractivity contribution in [3.63, 3.8) is 0 Å². The second-order valence-corrected chi connectivity index (χ2v) is 4.61. The topological polar surface area (TPSA) is 64.3 Å². The molecule has 0 radical (unpaired) electrons. The molecular weight excluding hydrogens is 271 g/mol. The molecule has 1 atom stereocenters. The fourth-order valence-electron chi connectivity index (χ4n) is 1.94. The van der Waals surface area contributed by atoms with Crippen LogP contribution in [-0.4, -0.2) is 32.2 Å². The molecule has 3 N–H and O–H groups in total. The van der Waals surface area contributed by atoms with Crippen LogP contribution in [0.4, 0.5) is 4.39 Å². The maximum atomic E-state index is 14.0. The second kappa shape index (κ2) is 9.11. The zero-order valence-electron chi connectivity index (χ0n) is 12.4. The minimum Gasteiger partial charge on any atom is -0.383 e. The van der Waals surface area contributed by atoms with Gasteiger partial charge in [0.05, 0.1) is 24.8 Å². The average molecular weight is 292 g/mol. The van der Waals surface area contributed by atoms with Crippen LogP contribution in [0.5, 0.6) is 0 Å². The zero-order chi connectivity index (χ0) is 15.7. The number of ether oxygens (including phenoxy) is 1. The van der Waals surface area contributed by atoms with Crippen molar-refractivity contribution in [3.8, 4) is 11.8 Å². The molecular formula is C16H21FN2O2. The van der Waals surface area contributed by atoms with Gasteiger partial charge in [0.15, 0.2) is 0 Å². The molecule has 0 aliphatic carbocycles. The molecule has 1 unspecified atom stereocenters. The van der Waals surface area contributed by atoms with Crippen LogP contribution in [0.3, 0.4) is 0 Å². The van der Waals surface area contributed by atoms with Crippen molar-refractivity contribution in [2.45, 2.75) is 25.8 Å². The molecule has 0 aliphatic rings. The van der Waals surface area contributed by atoms with Gasteiger partial charge in [-0.1, -0.05) is 25.2 Å². The molecule has 1 aromatic carbocycles. The summed E-state index contributed by atoms with van der Waals surface area (Å²) in [5.41, 5.74) is 5.76. The third-order valence-electron chi connectivity index (χ3n) is 2.89. The van der Waals surface area contributed by atoms with Gasteiger partial charge in [-0.15, -0.1) is 0 Å². The summed E-state index contributed by atoms with van der Waals surface area (Å²) in [4.78, 5) is 12.1. The molecule has 1 rings (SSSR count). The number of nitrogens with two attached hydrogens (primary N) is 1. The molecule has 0 aromatic heterocycles. The van der Waals surface area contributed by atoms with Crippen LogP contribution < -0.4 is 11.1 Å². The lowest BCUT2D eigenvalue weighted by Crippen LogP contribution is -2.38. The van der Waals surface area contributed by atoms with Crippen LogP contribution in [0.2, 0.25) is 0 Å². The summed E-state index contributed by atoms with van der Waals surface area (Å²) in [7, 11) is 1.57. The molecule has 0 saturated carbocycles. The van der Waals surface area contributed by atoms with Gasteiger partial charge >= 0.3 is 0 Å². The number of nitrogens with one attached hydrogen (secondary N) is 1. The summed E-state index contributed by atoms with van der Waals surface area (Å²) in [6.45, 7) is 2.63. The standard InChI is InChI=1S/C16H21FN2O2/c1-3-5-13(11-21-2)19-16(20)14-8-7-12(6-4-9-18)10-15(14)17/h7-8,10,13H,3,5,9,11,18H2,1-2H3,(H,19,20). The number of carbonyl (C=O) groups excluding carboxylic acids is 1. The number of hydrogen-bond donors (Lipinski definition) is 2. The van der Waals surface area contributed by atoms with Gasteiger partial charge in [0.25, 0.3) is 5.91 Å². The van der Waals surface area contributed by atoms with E-state index in [2.05, 4.69) is 17.2 Å². The van der Waals surface area contributed by atoms with E-state index in [0.29, 0.717) is 12.2 Å². The number of methoxy groups -OCH3 is 1. The first kappa shape index (κ1) is 17.2. The Bertz CT molecular complexity index is 529. The van der Waals surface area contributed by atoms with E-state index in [9.17, 15) is 9.18 Å². The van der Waals surface area contributed by atoms with E-state index in [1.165, 1.54) is 12.1 Å². The average Bonchev–Trinajstić information content (AvgIpc) is 2.45. The van der Waals surface area contributed by atoms with Gasteiger partial charge in [0.2, 0.25) is 0 Å². The van der Waals surface area contributed by atoms with Crippen molar-refractivity contribution < 1.29 is 13.9 Å². The van der Waals surface area contributed by atoms with E-state index in [-0.39, 0.29) is 18.2 Å². The third-order valence-corrected chi connectivity index (χ3v) is 2.89. The summed E-state index contributed by atoms with van der Waals surface area (Å²) < 4.78 is 19.0. The van der Waals surface area contributed by atoms with Crippen molar-refractivity contribution in [1.29, 1.82) is 0 Å². The highest BCUT2D eigenvalue weighted by atomic mass is 19.1. The van der Waals surface area contributed by atoms with E-state index >= 15 is 0 Å². The molecule has 21 heavy (non-hydrogen) atoms. The maximum Gasteiger partial charge on any atom is 0.254 e. The highest BCUT2D eigenvalue weighted by molar-refractivity contribution is 5.94. The summed E-state index contributed by atoms with van der Waals surface area (Å²) in [6, 6.07) is 4.15. The van der Waals surface area contributed by atoms with Gasteiger partial charge in [0.1, 0.15) is 5.82 Å². The molecule has 5 heteroatoms. The first-order chi connectivity index (χ1) is 10.1. The Hall–Kier alpha value is -1.90. The Balaban J connectivity index is 2.82. The summed E-state index contributed by atoms with van der Waals surface area (Å²) in [6.07, 6.45) is 1.69. The van der Waals surface area contributed by atoms with E-state index in [0.717, 1.165) is 12.8 Å². The maximum absolute atomic E-state index is 14.0. The molecule has 4 nitrogen and oxygen atoms in total. The lowest BCUT2D eigenvalue weighted by atomic mass is 10.1. The van der Waals surface area contributed by atoms with E-state index in [1.54, 1.807) is 13.2 Å². The number of amides is 1. The molecule has 1 aromatic rings. The van der Waals surface area contributed by atoms with Gasteiger partial charge in [-0.3, -0.25) is 4.79 Å². The van der Waals surface area contributed by atoms with Crippen LogP contribution in [0.1, 0.15) is 35.7 Å². The van der Waals surface area contributed by atoms with Crippen molar-refractivity contribution >= 4 is 5.91 Å². The van der Waals surface area contributed by atoms with Gasteiger partial charge in [-0.2, -0.15) is 0 Å². The Morgan fingerprint density at radius 2 is 2.29 bits per heavy atom. The smallest absolute Gasteiger partial charge is 0.254 e. The summed E-state index contributed by atoms with van der Waals surface area (Å²) >= 11 is 0. The molecule has 0 aliphatic heterocycles. The Labute approximate surface area is 124 Å². The number of halogens is 1. The molecule has 0 heterocycles. The monoisotopic (exact) mass is 292 g/mol. The number of hydrogen-bond acceptors (Lipinski definition) is 3. The Kier molecular flexibility index (Phi) is 7.44. The first-order valence-electron chi connectivity index (χ1n) is 6.90. The highest BCUT2D eigenvalue weighted by Gasteiger charge is 2.16. The highest BCUT2D eigenvalue weighted by Crippen LogP contribution is 2.11. The largest absolute Gasteiger partial charge is 0.383 e. The molecule has 0 fully saturated rings. The SMILES string of the molecule is CCCC(COC)NC(=O)c1ccc(C#CCN)cc1F. The molecule has 1 amide bonds. The lowest BCUT2D eigenvalue weighted by Gasteiger charge is -2.17. The predicted molar refractivity (Wildman–Crippen MR) is 80.4 cm³/mol. The van der Waals surface area contributed by atoms with Gasteiger partial charge < -0.3 is 15.8 Å². The van der Waals surface area contributed by atoms with Crippen molar-refractivity contribution in [3.05, 3.63) is 35.1 Å². The van der Waals surface area contributed by atoms with E-state index in [4.69, 9.17) is 10.5 Å². The quantitative estimate of drug-likeness (QED) is 0.784.